The predicted molar refractivity (Wildman–Crippen MR) is 75.7 cm³/mol. The van der Waals surface area contributed by atoms with Gasteiger partial charge in [0.15, 0.2) is 0 Å². The maximum absolute atomic E-state index is 5.92. The molecular formula is C15H20N2O. The summed E-state index contributed by atoms with van der Waals surface area (Å²) in [5.41, 5.74) is 7.43. The first-order valence-corrected chi connectivity index (χ1v) is 6.52. The van der Waals surface area contributed by atoms with Crippen molar-refractivity contribution in [1.82, 2.24) is 4.98 Å². The van der Waals surface area contributed by atoms with Gasteiger partial charge in [0, 0.05) is 11.6 Å². The second kappa shape index (κ2) is 5.71. The Kier molecular flexibility index (Phi) is 4.03. The van der Waals surface area contributed by atoms with Crippen molar-refractivity contribution in [3.05, 3.63) is 30.5 Å². The van der Waals surface area contributed by atoms with Gasteiger partial charge in [-0.05, 0) is 30.2 Å². The Labute approximate surface area is 108 Å². The number of nitrogens with zero attached hydrogens (tertiary/aromatic N) is 1. The van der Waals surface area contributed by atoms with Crippen LogP contribution in [-0.4, -0.2) is 11.6 Å². The van der Waals surface area contributed by atoms with Crippen LogP contribution >= 0.6 is 0 Å². The number of fused-ring (bicyclic) bond motifs is 1. The van der Waals surface area contributed by atoms with Crippen molar-refractivity contribution in [2.24, 2.45) is 5.92 Å². The molecule has 3 heteroatoms. The van der Waals surface area contributed by atoms with E-state index in [0.717, 1.165) is 36.1 Å². The molecule has 0 aliphatic heterocycles. The standard InChI is InChI=1S/C15H20N2O/c1-3-11(4-2)10-18-14-8-7-13(16)15-12(14)6-5-9-17-15/h5-9,11H,3-4,10,16H2,1-2H3. The van der Waals surface area contributed by atoms with E-state index in [9.17, 15) is 0 Å². The summed E-state index contributed by atoms with van der Waals surface area (Å²) < 4.78 is 5.92. The third-order valence-electron chi connectivity index (χ3n) is 3.39. The minimum atomic E-state index is 0.606. The fourth-order valence-electron chi connectivity index (χ4n) is 2.03. The molecule has 0 radical (unpaired) electrons. The maximum Gasteiger partial charge on any atom is 0.128 e. The molecule has 0 bridgehead atoms. The first-order valence-electron chi connectivity index (χ1n) is 6.52. The summed E-state index contributed by atoms with van der Waals surface area (Å²) in [6, 6.07) is 7.70. The van der Waals surface area contributed by atoms with E-state index in [1.54, 1.807) is 6.20 Å². The van der Waals surface area contributed by atoms with Crippen molar-refractivity contribution >= 4 is 16.6 Å². The number of ether oxygens (including phenoxy) is 1. The van der Waals surface area contributed by atoms with E-state index < -0.39 is 0 Å². The molecule has 3 nitrogen and oxygen atoms in total. The molecular weight excluding hydrogens is 224 g/mol. The predicted octanol–water partition coefficient (Wildman–Crippen LogP) is 3.63. The number of hydrogen-bond acceptors (Lipinski definition) is 3. The lowest BCUT2D eigenvalue weighted by molar-refractivity contribution is 0.243. The van der Waals surface area contributed by atoms with Gasteiger partial charge in [0.2, 0.25) is 0 Å². The zero-order valence-corrected chi connectivity index (χ0v) is 11.0. The zero-order chi connectivity index (χ0) is 13.0. The van der Waals surface area contributed by atoms with Crippen LogP contribution in [-0.2, 0) is 0 Å². The van der Waals surface area contributed by atoms with Gasteiger partial charge in [0.25, 0.3) is 0 Å². The first-order chi connectivity index (χ1) is 8.76. The highest BCUT2D eigenvalue weighted by atomic mass is 16.5. The van der Waals surface area contributed by atoms with Gasteiger partial charge in [-0.1, -0.05) is 26.7 Å². The van der Waals surface area contributed by atoms with Crippen LogP contribution in [0.25, 0.3) is 10.9 Å². The quantitative estimate of drug-likeness (QED) is 0.817. The van der Waals surface area contributed by atoms with E-state index in [2.05, 4.69) is 18.8 Å². The highest BCUT2D eigenvalue weighted by Crippen LogP contribution is 2.28. The average molecular weight is 244 g/mol. The Morgan fingerprint density at radius 1 is 1.22 bits per heavy atom. The summed E-state index contributed by atoms with van der Waals surface area (Å²) in [6.45, 7) is 5.14. The molecule has 2 N–H and O–H groups in total. The minimum Gasteiger partial charge on any atom is -0.493 e. The molecule has 0 saturated carbocycles. The van der Waals surface area contributed by atoms with E-state index in [-0.39, 0.29) is 0 Å². The maximum atomic E-state index is 5.92. The van der Waals surface area contributed by atoms with Gasteiger partial charge < -0.3 is 10.5 Å². The van der Waals surface area contributed by atoms with Gasteiger partial charge in [-0.25, -0.2) is 0 Å². The van der Waals surface area contributed by atoms with E-state index in [1.807, 2.05) is 24.3 Å². The minimum absolute atomic E-state index is 0.606. The summed E-state index contributed by atoms with van der Waals surface area (Å²) in [4.78, 5) is 4.30. The van der Waals surface area contributed by atoms with Gasteiger partial charge in [-0.15, -0.1) is 0 Å². The van der Waals surface area contributed by atoms with Crippen LogP contribution < -0.4 is 10.5 Å². The smallest absolute Gasteiger partial charge is 0.128 e. The van der Waals surface area contributed by atoms with Gasteiger partial charge >= 0.3 is 0 Å². The molecule has 96 valence electrons. The van der Waals surface area contributed by atoms with Crippen LogP contribution in [0.15, 0.2) is 30.5 Å². The molecule has 1 aromatic carbocycles. The highest BCUT2D eigenvalue weighted by Gasteiger charge is 2.08. The number of aromatic nitrogens is 1. The molecule has 2 rings (SSSR count). The van der Waals surface area contributed by atoms with Gasteiger partial charge in [0.05, 0.1) is 17.8 Å². The molecule has 0 aliphatic rings. The van der Waals surface area contributed by atoms with Crippen LogP contribution in [0.4, 0.5) is 5.69 Å². The number of nitrogen functional groups attached to an aromatic ring is 1. The molecule has 0 amide bonds. The molecule has 18 heavy (non-hydrogen) atoms. The fourth-order valence-corrected chi connectivity index (χ4v) is 2.03. The fraction of sp³-hybridized carbons (Fsp3) is 0.400. The summed E-state index contributed by atoms with van der Waals surface area (Å²) in [7, 11) is 0. The molecule has 1 heterocycles. The van der Waals surface area contributed by atoms with Crippen molar-refractivity contribution in [2.45, 2.75) is 26.7 Å². The first kappa shape index (κ1) is 12.7. The molecule has 1 aromatic heterocycles. The topological polar surface area (TPSA) is 48.1 Å². The number of benzene rings is 1. The van der Waals surface area contributed by atoms with Crippen molar-refractivity contribution in [3.8, 4) is 5.75 Å². The number of pyridine rings is 1. The Morgan fingerprint density at radius 2 is 2.00 bits per heavy atom. The van der Waals surface area contributed by atoms with Crippen LogP contribution in [0.1, 0.15) is 26.7 Å². The Balaban J connectivity index is 2.26. The van der Waals surface area contributed by atoms with Crippen LogP contribution in [0, 0.1) is 5.92 Å². The summed E-state index contributed by atoms with van der Waals surface area (Å²) in [5.74, 6) is 1.48. The van der Waals surface area contributed by atoms with Crippen molar-refractivity contribution in [2.75, 3.05) is 12.3 Å². The number of hydrogen-bond donors (Lipinski definition) is 1. The lowest BCUT2D eigenvalue weighted by atomic mass is 10.1. The largest absolute Gasteiger partial charge is 0.493 e. The highest BCUT2D eigenvalue weighted by molar-refractivity contribution is 5.93. The molecule has 0 unspecified atom stereocenters. The van der Waals surface area contributed by atoms with Gasteiger partial charge in [-0.3, -0.25) is 4.98 Å². The van der Waals surface area contributed by atoms with Gasteiger partial charge in [0.1, 0.15) is 5.75 Å². The third-order valence-corrected chi connectivity index (χ3v) is 3.39. The summed E-state index contributed by atoms with van der Waals surface area (Å²) in [6.07, 6.45) is 4.03. The monoisotopic (exact) mass is 244 g/mol. The number of nitrogens with two attached hydrogens (primary N) is 1. The van der Waals surface area contributed by atoms with Crippen molar-refractivity contribution in [3.63, 3.8) is 0 Å². The second-order valence-electron chi connectivity index (χ2n) is 4.55. The number of anilines is 1. The Hall–Kier alpha value is -1.77. The Morgan fingerprint density at radius 3 is 2.72 bits per heavy atom. The Bertz CT molecular complexity index is 521. The number of rotatable bonds is 5. The molecule has 0 fully saturated rings. The molecule has 0 spiro atoms. The SMILES string of the molecule is CCC(CC)COc1ccc(N)c2ncccc12. The lowest BCUT2D eigenvalue weighted by Crippen LogP contribution is -2.10. The molecule has 2 aromatic rings. The molecule has 0 aliphatic carbocycles. The van der Waals surface area contributed by atoms with Crippen LogP contribution in [0.3, 0.4) is 0 Å². The van der Waals surface area contributed by atoms with Gasteiger partial charge in [-0.2, -0.15) is 0 Å². The van der Waals surface area contributed by atoms with Crippen LogP contribution in [0.5, 0.6) is 5.75 Å². The van der Waals surface area contributed by atoms with Crippen LogP contribution in [0.2, 0.25) is 0 Å². The lowest BCUT2D eigenvalue weighted by Gasteiger charge is -2.15. The molecule has 0 saturated heterocycles. The summed E-state index contributed by atoms with van der Waals surface area (Å²) >= 11 is 0. The molecule has 0 atom stereocenters. The van der Waals surface area contributed by atoms with E-state index in [1.165, 1.54) is 0 Å². The summed E-state index contributed by atoms with van der Waals surface area (Å²) in [5, 5.41) is 0.989. The van der Waals surface area contributed by atoms with E-state index in [0.29, 0.717) is 11.6 Å². The second-order valence-corrected chi connectivity index (χ2v) is 4.55. The van der Waals surface area contributed by atoms with Crippen molar-refractivity contribution in [1.29, 1.82) is 0 Å². The third kappa shape index (κ3) is 2.55. The van der Waals surface area contributed by atoms with Crippen molar-refractivity contribution < 1.29 is 4.74 Å². The van der Waals surface area contributed by atoms with E-state index in [4.69, 9.17) is 10.5 Å². The average Bonchev–Trinajstić information content (AvgIpc) is 2.42. The normalized spacial score (nSPS) is 11.1. The zero-order valence-electron chi connectivity index (χ0n) is 11.0. The van der Waals surface area contributed by atoms with E-state index >= 15 is 0 Å².